The second-order valence-corrected chi connectivity index (χ2v) is 4.19. The van der Waals surface area contributed by atoms with E-state index in [1.807, 2.05) is 14.1 Å². The van der Waals surface area contributed by atoms with E-state index in [9.17, 15) is 0 Å². The van der Waals surface area contributed by atoms with Crippen molar-refractivity contribution in [2.45, 2.75) is 19.9 Å². The summed E-state index contributed by atoms with van der Waals surface area (Å²) >= 11 is 0. The van der Waals surface area contributed by atoms with Gasteiger partial charge in [0.15, 0.2) is 5.82 Å². The molecule has 0 aliphatic heterocycles. The first-order valence-electron chi connectivity index (χ1n) is 5.43. The Morgan fingerprint density at radius 2 is 2.12 bits per heavy atom. The third kappa shape index (κ3) is 4.88. The Labute approximate surface area is 96.5 Å². The molecule has 0 spiro atoms. The number of hydrogen-bond donors (Lipinski definition) is 2. The third-order valence-electron chi connectivity index (χ3n) is 1.84. The summed E-state index contributed by atoms with van der Waals surface area (Å²) in [6, 6.07) is 0.339. The summed E-state index contributed by atoms with van der Waals surface area (Å²) in [5, 5.41) is 14.1. The van der Waals surface area contributed by atoms with Crippen LogP contribution in [-0.2, 0) is 0 Å². The van der Waals surface area contributed by atoms with Gasteiger partial charge < -0.3 is 15.5 Å². The first-order valence-corrected chi connectivity index (χ1v) is 5.43. The van der Waals surface area contributed by atoms with Crippen LogP contribution >= 0.6 is 0 Å². The molecule has 0 bridgehead atoms. The quantitative estimate of drug-likeness (QED) is 0.740. The Balaban J connectivity index is 2.47. The van der Waals surface area contributed by atoms with Crippen molar-refractivity contribution in [2.75, 3.05) is 37.8 Å². The maximum absolute atomic E-state index is 4.30. The highest BCUT2D eigenvalue weighted by Crippen LogP contribution is 2.04. The molecule has 90 valence electrons. The molecule has 0 amide bonds. The molecule has 0 unspecified atom stereocenters. The molecule has 6 heteroatoms. The van der Waals surface area contributed by atoms with Gasteiger partial charge >= 0.3 is 0 Å². The van der Waals surface area contributed by atoms with Crippen molar-refractivity contribution in [2.24, 2.45) is 0 Å². The van der Waals surface area contributed by atoms with E-state index in [-0.39, 0.29) is 0 Å². The predicted molar refractivity (Wildman–Crippen MR) is 65.6 cm³/mol. The number of nitrogens with one attached hydrogen (secondary N) is 2. The van der Waals surface area contributed by atoms with Gasteiger partial charge in [-0.2, -0.15) is 10.1 Å². The topological polar surface area (TPSA) is 66.0 Å². The molecule has 16 heavy (non-hydrogen) atoms. The van der Waals surface area contributed by atoms with Crippen LogP contribution in [0, 0.1) is 0 Å². The molecule has 0 radical (unpaired) electrons. The van der Waals surface area contributed by atoms with E-state index in [1.54, 1.807) is 6.20 Å². The molecule has 1 heterocycles. The van der Waals surface area contributed by atoms with Gasteiger partial charge in [-0.1, -0.05) is 0 Å². The molecule has 6 nitrogen and oxygen atoms in total. The zero-order valence-corrected chi connectivity index (χ0v) is 10.4. The van der Waals surface area contributed by atoms with E-state index in [0.717, 1.165) is 18.9 Å². The largest absolute Gasteiger partial charge is 0.366 e. The molecule has 0 aliphatic carbocycles. The molecule has 0 atom stereocenters. The van der Waals surface area contributed by atoms with Crippen LogP contribution in [0.15, 0.2) is 6.20 Å². The Hall–Kier alpha value is -1.43. The molecule has 0 fully saturated rings. The van der Waals surface area contributed by atoms with Crippen molar-refractivity contribution in [3.05, 3.63) is 6.20 Å². The highest BCUT2D eigenvalue weighted by atomic mass is 15.3. The van der Waals surface area contributed by atoms with Gasteiger partial charge in [0, 0.05) is 19.1 Å². The van der Waals surface area contributed by atoms with Crippen molar-refractivity contribution in [1.29, 1.82) is 0 Å². The van der Waals surface area contributed by atoms with E-state index in [4.69, 9.17) is 0 Å². The zero-order valence-electron chi connectivity index (χ0n) is 10.4. The number of hydrogen-bond acceptors (Lipinski definition) is 6. The maximum atomic E-state index is 4.30. The van der Waals surface area contributed by atoms with Crippen LogP contribution < -0.4 is 10.6 Å². The van der Waals surface area contributed by atoms with Gasteiger partial charge in [-0.3, -0.25) is 0 Å². The molecule has 1 aromatic heterocycles. The minimum atomic E-state index is 0.339. The Morgan fingerprint density at radius 3 is 2.75 bits per heavy atom. The van der Waals surface area contributed by atoms with Crippen LogP contribution in [0.4, 0.5) is 11.8 Å². The summed E-state index contributed by atoms with van der Waals surface area (Å²) in [4.78, 5) is 6.39. The molecular weight excluding hydrogens is 204 g/mol. The van der Waals surface area contributed by atoms with Crippen molar-refractivity contribution in [3.63, 3.8) is 0 Å². The minimum absolute atomic E-state index is 0.339. The number of likely N-dealkylation sites (N-methyl/N-ethyl adjacent to an activating group) is 1. The molecule has 0 aliphatic rings. The lowest BCUT2D eigenvalue weighted by Crippen LogP contribution is -2.22. The maximum Gasteiger partial charge on any atom is 0.244 e. The fourth-order valence-corrected chi connectivity index (χ4v) is 1.14. The van der Waals surface area contributed by atoms with Crippen molar-refractivity contribution < 1.29 is 0 Å². The van der Waals surface area contributed by atoms with Gasteiger partial charge in [-0.05, 0) is 27.9 Å². The molecule has 0 saturated heterocycles. The Bertz CT molecular complexity index is 312. The fourth-order valence-electron chi connectivity index (χ4n) is 1.14. The van der Waals surface area contributed by atoms with Gasteiger partial charge in [0.2, 0.25) is 5.95 Å². The van der Waals surface area contributed by atoms with E-state index < -0.39 is 0 Å². The molecule has 0 saturated carbocycles. The van der Waals surface area contributed by atoms with E-state index in [2.05, 4.69) is 44.6 Å². The van der Waals surface area contributed by atoms with Crippen LogP contribution in [0.25, 0.3) is 0 Å². The lowest BCUT2D eigenvalue weighted by Gasteiger charge is -2.11. The predicted octanol–water partition coefficient (Wildman–Crippen LogP) is 0.665. The Kier molecular flexibility index (Phi) is 4.91. The van der Waals surface area contributed by atoms with Gasteiger partial charge in [-0.25, -0.2) is 0 Å². The Morgan fingerprint density at radius 1 is 1.38 bits per heavy atom. The highest BCUT2D eigenvalue weighted by Gasteiger charge is 2.01. The normalized spacial score (nSPS) is 10.9. The average molecular weight is 224 g/mol. The molecule has 1 aromatic rings. The van der Waals surface area contributed by atoms with Crippen LogP contribution in [-0.4, -0.2) is 53.3 Å². The van der Waals surface area contributed by atoms with Crippen LogP contribution in [0.1, 0.15) is 13.8 Å². The number of anilines is 2. The molecular formula is C10H20N6. The smallest absolute Gasteiger partial charge is 0.244 e. The highest BCUT2D eigenvalue weighted by molar-refractivity contribution is 5.37. The molecule has 0 aromatic carbocycles. The fraction of sp³-hybridized carbons (Fsp3) is 0.700. The number of rotatable bonds is 6. The molecule has 1 rings (SSSR count). The lowest BCUT2D eigenvalue weighted by atomic mass is 10.4. The molecule has 2 N–H and O–H groups in total. The van der Waals surface area contributed by atoms with Crippen molar-refractivity contribution >= 4 is 11.8 Å². The van der Waals surface area contributed by atoms with E-state index in [0.29, 0.717) is 12.0 Å². The van der Waals surface area contributed by atoms with Crippen molar-refractivity contribution in [1.82, 2.24) is 20.1 Å². The second-order valence-electron chi connectivity index (χ2n) is 4.19. The van der Waals surface area contributed by atoms with Crippen LogP contribution in [0.2, 0.25) is 0 Å². The van der Waals surface area contributed by atoms with E-state index >= 15 is 0 Å². The summed E-state index contributed by atoms with van der Waals surface area (Å²) in [5.41, 5.74) is 0. The standard InChI is InChI=1S/C10H20N6/c1-8(2)13-9-7-12-15-10(14-9)11-5-6-16(3)4/h7-8H,5-6H2,1-4H3,(H2,11,13,14,15). The first-order chi connectivity index (χ1) is 7.58. The average Bonchev–Trinajstić information content (AvgIpc) is 2.16. The van der Waals surface area contributed by atoms with Gasteiger partial charge in [-0.15, -0.1) is 5.10 Å². The van der Waals surface area contributed by atoms with Gasteiger partial charge in [0.25, 0.3) is 0 Å². The van der Waals surface area contributed by atoms with Crippen LogP contribution in [0.5, 0.6) is 0 Å². The van der Waals surface area contributed by atoms with E-state index in [1.165, 1.54) is 0 Å². The summed E-state index contributed by atoms with van der Waals surface area (Å²) in [6.45, 7) is 5.85. The lowest BCUT2D eigenvalue weighted by molar-refractivity contribution is 0.425. The van der Waals surface area contributed by atoms with Crippen LogP contribution in [0.3, 0.4) is 0 Å². The van der Waals surface area contributed by atoms with Gasteiger partial charge in [0.05, 0.1) is 6.20 Å². The SMILES string of the molecule is CC(C)Nc1cnnc(NCCN(C)C)n1. The summed E-state index contributed by atoms with van der Waals surface area (Å²) < 4.78 is 0. The monoisotopic (exact) mass is 224 g/mol. The number of nitrogens with zero attached hydrogens (tertiary/aromatic N) is 4. The first kappa shape index (κ1) is 12.6. The minimum Gasteiger partial charge on any atom is -0.366 e. The summed E-state index contributed by atoms with van der Waals surface area (Å²) in [5.74, 6) is 1.31. The zero-order chi connectivity index (χ0) is 12.0. The summed E-state index contributed by atoms with van der Waals surface area (Å²) in [7, 11) is 4.05. The third-order valence-corrected chi connectivity index (χ3v) is 1.84. The number of aromatic nitrogens is 3. The van der Waals surface area contributed by atoms with Gasteiger partial charge in [0.1, 0.15) is 0 Å². The second kappa shape index (κ2) is 6.22. The summed E-state index contributed by atoms with van der Waals surface area (Å²) in [6.07, 6.45) is 1.62. The van der Waals surface area contributed by atoms with Crippen molar-refractivity contribution in [3.8, 4) is 0 Å².